The highest BCUT2D eigenvalue weighted by molar-refractivity contribution is 7.18. The highest BCUT2D eigenvalue weighted by Gasteiger charge is 2.14. The van der Waals surface area contributed by atoms with E-state index in [-0.39, 0.29) is 12.2 Å². The van der Waals surface area contributed by atoms with E-state index >= 15 is 0 Å². The molecule has 0 saturated carbocycles. The van der Waals surface area contributed by atoms with Gasteiger partial charge < -0.3 is 9.72 Å². The van der Waals surface area contributed by atoms with Gasteiger partial charge in [-0.05, 0) is 35.2 Å². The van der Waals surface area contributed by atoms with Crippen LogP contribution in [0.5, 0.6) is 5.75 Å². The average Bonchev–Trinajstić information content (AvgIpc) is 3.36. The van der Waals surface area contributed by atoms with Crippen LogP contribution >= 0.6 is 34.3 Å². The van der Waals surface area contributed by atoms with Crippen molar-refractivity contribution >= 4 is 55.6 Å². The summed E-state index contributed by atoms with van der Waals surface area (Å²) in [4.78, 5) is 21.7. The van der Waals surface area contributed by atoms with Crippen molar-refractivity contribution in [3.63, 3.8) is 0 Å². The molecule has 0 unspecified atom stereocenters. The average molecular weight is 426 g/mol. The Kier molecular flexibility index (Phi) is 5.26. The molecule has 0 radical (unpaired) electrons. The zero-order valence-electron chi connectivity index (χ0n) is 14.3. The molecular formula is C20H12ClN3O2S2. The number of aromatic amines is 1. The van der Waals surface area contributed by atoms with Crippen LogP contribution in [0.2, 0.25) is 0 Å². The van der Waals surface area contributed by atoms with Crippen molar-refractivity contribution in [3.8, 4) is 22.3 Å². The molecular weight excluding hydrogens is 414 g/mol. The molecule has 0 aliphatic heterocycles. The van der Waals surface area contributed by atoms with E-state index in [1.54, 1.807) is 35.6 Å². The van der Waals surface area contributed by atoms with Crippen molar-refractivity contribution in [1.29, 1.82) is 5.26 Å². The zero-order chi connectivity index (χ0) is 19.5. The highest BCUT2D eigenvalue weighted by Crippen LogP contribution is 2.34. The fourth-order valence-corrected chi connectivity index (χ4v) is 4.68. The molecule has 0 fully saturated rings. The third-order valence-corrected chi connectivity index (χ3v) is 5.98. The zero-order valence-corrected chi connectivity index (χ0v) is 16.7. The van der Waals surface area contributed by atoms with E-state index in [2.05, 4.69) is 9.97 Å². The Morgan fingerprint density at radius 3 is 3.00 bits per heavy atom. The van der Waals surface area contributed by atoms with Gasteiger partial charge in [-0.3, -0.25) is 4.79 Å². The summed E-state index contributed by atoms with van der Waals surface area (Å²) in [6, 6.07) is 13.0. The van der Waals surface area contributed by atoms with Crippen molar-refractivity contribution in [2.24, 2.45) is 0 Å². The van der Waals surface area contributed by atoms with Crippen LogP contribution in [0.1, 0.15) is 11.4 Å². The van der Waals surface area contributed by atoms with Crippen LogP contribution in [0.3, 0.4) is 0 Å². The number of hydrogen-bond acceptors (Lipinski definition) is 6. The van der Waals surface area contributed by atoms with E-state index in [9.17, 15) is 4.79 Å². The third kappa shape index (κ3) is 3.71. The Morgan fingerprint density at radius 2 is 2.21 bits per heavy atom. The minimum Gasteiger partial charge on any atom is -0.479 e. The molecule has 0 amide bonds. The maximum Gasteiger partial charge on any atom is 0.260 e. The lowest BCUT2D eigenvalue weighted by atomic mass is 10.2. The van der Waals surface area contributed by atoms with Gasteiger partial charge in [0.15, 0.2) is 12.4 Å². The second-order valence-electron chi connectivity index (χ2n) is 5.73. The number of halogens is 1. The fourth-order valence-electron chi connectivity index (χ4n) is 2.70. The Hall–Kier alpha value is -2.92. The van der Waals surface area contributed by atoms with E-state index in [1.165, 1.54) is 11.3 Å². The van der Waals surface area contributed by atoms with Gasteiger partial charge in [-0.25, -0.2) is 4.98 Å². The maximum absolute atomic E-state index is 12.7. The SMILES string of the molecule is N#CCOc1cccc(C=C(Cl)c2nc3scc(-c4cccs4)c3c(=O)[nH]2)c1. The quantitative estimate of drug-likeness (QED) is 0.467. The van der Waals surface area contributed by atoms with Gasteiger partial charge in [0.1, 0.15) is 16.6 Å². The monoisotopic (exact) mass is 425 g/mol. The molecule has 0 spiro atoms. The first-order valence-electron chi connectivity index (χ1n) is 8.18. The largest absolute Gasteiger partial charge is 0.479 e. The molecule has 3 heterocycles. The number of H-pyrrole nitrogens is 1. The number of nitrogens with one attached hydrogen (secondary N) is 1. The maximum atomic E-state index is 12.7. The number of rotatable bonds is 5. The van der Waals surface area contributed by atoms with Gasteiger partial charge >= 0.3 is 0 Å². The van der Waals surface area contributed by atoms with E-state index in [0.29, 0.717) is 26.8 Å². The molecule has 0 bridgehead atoms. The number of nitrogens with zero attached hydrogens (tertiary/aromatic N) is 2. The second kappa shape index (κ2) is 7.98. The Balaban J connectivity index is 1.70. The van der Waals surface area contributed by atoms with Crippen LogP contribution in [-0.2, 0) is 0 Å². The van der Waals surface area contributed by atoms with Crippen LogP contribution in [0.15, 0.2) is 52.0 Å². The summed E-state index contributed by atoms with van der Waals surface area (Å²) in [5, 5.41) is 13.4. The molecule has 0 atom stereocenters. The first kappa shape index (κ1) is 18.4. The van der Waals surface area contributed by atoms with Crippen molar-refractivity contribution in [2.75, 3.05) is 6.61 Å². The first-order valence-corrected chi connectivity index (χ1v) is 10.3. The molecule has 0 saturated heterocycles. The molecule has 5 nitrogen and oxygen atoms in total. The summed E-state index contributed by atoms with van der Waals surface area (Å²) >= 11 is 9.41. The lowest BCUT2D eigenvalue weighted by Crippen LogP contribution is -2.10. The van der Waals surface area contributed by atoms with Gasteiger partial charge in [-0.1, -0.05) is 29.8 Å². The summed E-state index contributed by atoms with van der Waals surface area (Å²) in [6.07, 6.45) is 1.69. The van der Waals surface area contributed by atoms with Crippen LogP contribution < -0.4 is 10.3 Å². The van der Waals surface area contributed by atoms with Crippen molar-refractivity contribution in [3.05, 3.63) is 68.9 Å². The Morgan fingerprint density at radius 1 is 1.32 bits per heavy atom. The number of benzene rings is 1. The third-order valence-electron chi connectivity index (χ3n) is 3.91. The minimum atomic E-state index is -0.220. The molecule has 1 aromatic carbocycles. The van der Waals surface area contributed by atoms with Gasteiger partial charge in [-0.15, -0.1) is 22.7 Å². The van der Waals surface area contributed by atoms with Crippen LogP contribution in [0, 0.1) is 11.3 Å². The molecule has 1 N–H and O–H groups in total. The van der Waals surface area contributed by atoms with E-state index in [4.69, 9.17) is 21.6 Å². The topological polar surface area (TPSA) is 78.8 Å². The fraction of sp³-hybridized carbons (Fsp3) is 0.0500. The first-order chi connectivity index (χ1) is 13.7. The van der Waals surface area contributed by atoms with E-state index in [0.717, 1.165) is 16.0 Å². The van der Waals surface area contributed by atoms with E-state index in [1.807, 2.05) is 35.0 Å². The van der Waals surface area contributed by atoms with Crippen molar-refractivity contribution in [2.45, 2.75) is 0 Å². The summed E-state index contributed by atoms with van der Waals surface area (Å²) in [6.45, 7) is -0.0304. The second-order valence-corrected chi connectivity index (χ2v) is 7.95. The predicted octanol–water partition coefficient (Wildman–Crippen LogP) is 5.35. The molecule has 138 valence electrons. The van der Waals surface area contributed by atoms with Crippen LogP contribution in [0.25, 0.3) is 31.8 Å². The van der Waals surface area contributed by atoms with Gasteiger partial charge in [0.05, 0.1) is 10.4 Å². The smallest absolute Gasteiger partial charge is 0.260 e. The number of thiophene rings is 2. The number of hydrogen-bond donors (Lipinski definition) is 1. The lowest BCUT2D eigenvalue weighted by molar-refractivity contribution is 0.368. The predicted molar refractivity (Wildman–Crippen MR) is 115 cm³/mol. The number of nitriles is 1. The Labute approximate surface area is 173 Å². The van der Waals surface area contributed by atoms with Crippen LogP contribution in [0.4, 0.5) is 0 Å². The van der Waals surface area contributed by atoms with Gasteiger partial charge in [0.2, 0.25) is 0 Å². The van der Waals surface area contributed by atoms with Gasteiger partial charge in [-0.2, -0.15) is 5.26 Å². The van der Waals surface area contributed by atoms with Crippen molar-refractivity contribution < 1.29 is 4.74 Å². The molecule has 8 heteroatoms. The normalized spacial score (nSPS) is 11.5. The minimum absolute atomic E-state index is 0.0304. The molecule has 4 aromatic rings. The summed E-state index contributed by atoms with van der Waals surface area (Å²) in [5.74, 6) is 0.873. The molecule has 28 heavy (non-hydrogen) atoms. The molecule has 4 rings (SSSR count). The summed E-state index contributed by atoms with van der Waals surface area (Å²) < 4.78 is 5.29. The van der Waals surface area contributed by atoms with Gasteiger partial charge in [0.25, 0.3) is 5.56 Å². The lowest BCUT2D eigenvalue weighted by Gasteiger charge is -2.04. The summed E-state index contributed by atoms with van der Waals surface area (Å²) in [7, 11) is 0. The summed E-state index contributed by atoms with van der Waals surface area (Å²) in [5.41, 5.74) is 1.44. The highest BCUT2D eigenvalue weighted by atomic mass is 35.5. The van der Waals surface area contributed by atoms with Gasteiger partial charge in [0, 0.05) is 15.8 Å². The molecule has 3 aromatic heterocycles. The standard InChI is InChI=1S/C20H12ClN3O2S2/c21-15(10-12-3-1-4-13(9-12)26-7-6-22)18-23-19(25)17-14(11-28-20(17)24-18)16-5-2-8-27-16/h1-5,8-11H,7H2,(H,23,24,25). The molecule has 0 aliphatic rings. The number of ether oxygens (including phenoxy) is 1. The molecule has 0 aliphatic carbocycles. The van der Waals surface area contributed by atoms with E-state index < -0.39 is 0 Å². The van der Waals surface area contributed by atoms with Crippen molar-refractivity contribution in [1.82, 2.24) is 9.97 Å². The number of aromatic nitrogens is 2. The Bertz CT molecular complexity index is 1270. The number of fused-ring (bicyclic) bond motifs is 1. The van der Waals surface area contributed by atoms with Crippen LogP contribution in [-0.4, -0.2) is 16.6 Å².